The summed E-state index contributed by atoms with van der Waals surface area (Å²) >= 11 is 11.3. The van der Waals surface area contributed by atoms with Crippen LogP contribution in [-0.2, 0) is 6.54 Å². The van der Waals surface area contributed by atoms with E-state index in [1.54, 1.807) is 11.6 Å². The van der Waals surface area contributed by atoms with Crippen LogP contribution < -0.4 is 16.2 Å². The normalized spacial score (nSPS) is 10.4. The molecule has 0 bridgehead atoms. The Balaban J connectivity index is 1.94. The van der Waals surface area contributed by atoms with E-state index in [9.17, 15) is 9.18 Å². The number of aryl methyl sites for hydroxylation is 2. The maximum absolute atomic E-state index is 12.9. The van der Waals surface area contributed by atoms with Gasteiger partial charge >= 0.3 is 0 Å². The number of rotatable bonds is 5. The van der Waals surface area contributed by atoms with Crippen molar-refractivity contribution in [2.45, 2.75) is 33.2 Å². The zero-order valence-corrected chi connectivity index (χ0v) is 15.5. The first-order chi connectivity index (χ1) is 11.9. The van der Waals surface area contributed by atoms with Crippen LogP contribution in [0.5, 0.6) is 0 Å². The molecule has 0 aliphatic heterocycles. The zero-order chi connectivity index (χ0) is 18.4. The van der Waals surface area contributed by atoms with Crippen molar-refractivity contribution < 1.29 is 9.18 Å². The van der Waals surface area contributed by atoms with Crippen molar-refractivity contribution >= 4 is 40.5 Å². The van der Waals surface area contributed by atoms with E-state index in [0.717, 1.165) is 12.8 Å². The Morgan fingerprint density at radius 1 is 1.32 bits per heavy atom. The lowest BCUT2D eigenvalue weighted by atomic mass is 10.2. The first-order valence-corrected chi connectivity index (χ1v) is 8.56. The van der Waals surface area contributed by atoms with Crippen molar-refractivity contribution in [3.8, 4) is 0 Å². The van der Waals surface area contributed by atoms with Gasteiger partial charge in [-0.05, 0) is 49.8 Å². The summed E-state index contributed by atoms with van der Waals surface area (Å²) in [4.78, 5) is 12.3. The summed E-state index contributed by atoms with van der Waals surface area (Å²) in [6, 6.07) is 5.67. The van der Waals surface area contributed by atoms with Crippen LogP contribution in [0.4, 0.5) is 10.1 Å². The minimum Gasteiger partial charge on any atom is -0.331 e. The fourth-order valence-corrected chi connectivity index (χ4v) is 2.65. The maximum Gasteiger partial charge on any atom is 0.274 e. The van der Waals surface area contributed by atoms with Crippen LogP contribution in [0, 0.1) is 12.7 Å². The van der Waals surface area contributed by atoms with Gasteiger partial charge in [-0.2, -0.15) is 5.10 Å². The molecule has 1 heterocycles. The number of thiocarbonyl (C=S) groups is 1. The molecule has 3 N–H and O–H groups in total. The Bertz CT molecular complexity index is 763. The lowest BCUT2D eigenvalue weighted by Gasteiger charge is -2.11. The van der Waals surface area contributed by atoms with Crippen LogP contribution in [0.25, 0.3) is 0 Å². The molecule has 0 spiro atoms. The van der Waals surface area contributed by atoms with Gasteiger partial charge in [0.1, 0.15) is 16.5 Å². The topological polar surface area (TPSA) is 71.0 Å². The standard InChI is InChI=1S/C16H19ClFN5OS/c1-3-4-9-23-14(17)13(10(2)22-23)15(24)20-21-16(25)19-12-7-5-11(18)6-8-12/h5-8H,3-4,9H2,1-2H3,(H,20,24)(H2,19,21,25). The second kappa shape index (κ2) is 8.77. The molecule has 134 valence electrons. The number of nitrogens with zero attached hydrogens (tertiary/aromatic N) is 2. The summed E-state index contributed by atoms with van der Waals surface area (Å²) in [5.74, 6) is -0.781. The van der Waals surface area contributed by atoms with E-state index in [2.05, 4.69) is 28.2 Å². The molecule has 1 amide bonds. The molecular weight excluding hydrogens is 365 g/mol. The molecule has 0 radical (unpaired) electrons. The van der Waals surface area contributed by atoms with Gasteiger partial charge in [0.25, 0.3) is 5.91 Å². The highest BCUT2D eigenvalue weighted by Crippen LogP contribution is 2.20. The fraction of sp³-hybridized carbons (Fsp3) is 0.312. The van der Waals surface area contributed by atoms with E-state index in [-0.39, 0.29) is 10.9 Å². The third kappa shape index (κ3) is 5.14. The van der Waals surface area contributed by atoms with E-state index in [4.69, 9.17) is 23.8 Å². The van der Waals surface area contributed by atoms with Crippen LogP contribution in [0.1, 0.15) is 35.8 Å². The van der Waals surface area contributed by atoms with E-state index in [1.165, 1.54) is 24.3 Å². The van der Waals surface area contributed by atoms with Gasteiger partial charge in [-0.15, -0.1) is 0 Å². The van der Waals surface area contributed by atoms with Crippen molar-refractivity contribution in [2.75, 3.05) is 5.32 Å². The second-order valence-corrected chi connectivity index (χ2v) is 6.13. The van der Waals surface area contributed by atoms with Crippen molar-refractivity contribution in [3.63, 3.8) is 0 Å². The molecule has 0 aliphatic rings. The Kier molecular flexibility index (Phi) is 6.72. The molecule has 25 heavy (non-hydrogen) atoms. The third-order valence-corrected chi connectivity index (χ3v) is 4.00. The smallest absolute Gasteiger partial charge is 0.274 e. The predicted octanol–water partition coefficient (Wildman–Crippen LogP) is 3.42. The number of halogens is 2. The Hall–Kier alpha value is -2.19. The summed E-state index contributed by atoms with van der Waals surface area (Å²) in [5.41, 5.74) is 6.49. The van der Waals surface area contributed by atoms with Gasteiger partial charge in [0.15, 0.2) is 5.11 Å². The molecule has 2 rings (SSSR count). The van der Waals surface area contributed by atoms with Crippen LogP contribution >= 0.6 is 23.8 Å². The number of benzene rings is 1. The highest BCUT2D eigenvalue weighted by atomic mass is 35.5. The van der Waals surface area contributed by atoms with Crippen molar-refractivity contribution in [3.05, 3.63) is 46.5 Å². The average Bonchev–Trinajstić information content (AvgIpc) is 2.86. The number of hydrazine groups is 1. The number of hydrogen-bond donors (Lipinski definition) is 3. The van der Waals surface area contributed by atoms with Gasteiger partial charge in [0.2, 0.25) is 0 Å². The number of unbranched alkanes of at least 4 members (excludes halogenated alkanes) is 1. The molecule has 2 aromatic rings. The average molecular weight is 384 g/mol. The van der Waals surface area contributed by atoms with Crippen molar-refractivity contribution in [1.82, 2.24) is 20.6 Å². The molecule has 1 aromatic heterocycles. The van der Waals surface area contributed by atoms with E-state index in [0.29, 0.717) is 28.6 Å². The number of hydrogen-bond acceptors (Lipinski definition) is 3. The Labute approximate surface area is 155 Å². The molecule has 6 nitrogen and oxygen atoms in total. The molecule has 9 heteroatoms. The summed E-state index contributed by atoms with van der Waals surface area (Å²) in [5, 5.41) is 7.56. The molecular formula is C16H19ClFN5OS. The first-order valence-electron chi connectivity index (χ1n) is 7.78. The number of anilines is 1. The summed E-state index contributed by atoms with van der Waals surface area (Å²) in [7, 11) is 0. The van der Waals surface area contributed by atoms with Crippen molar-refractivity contribution in [1.29, 1.82) is 0 Å². The molecule has 0 saturated carbocycles. The first kappa shape index (κ1) is 19.1. The molecule has 0 unspecified atom stereocenters. The number of aromatic nitrogens is 2. The summed E-state index contributed by atoms with van der Waals surface area (Å²) in [6.45, 7) is 4.44. The van der Waals surface area contributed by atoms with Gasteiger partial charge in [-0.25, -0.2) is 4.39 Å². The number of carbonyl (C=O) groups is 1. The monoisotopic (exact) mass is 383 g/mol. The van der Waals surface area contributed by atoms with Crippen LogP contribution in [0.3, 0.4) is 0 Å². The Morgan fingerprint density at radius 3 is 2.64 bits per heavy atom. The van der Waals surface area contributed by atoms with Gasteiger partial charge < -0.3 is 5.32 Å². The number of nitrogens with one attached hydrogen (secondary N) is 3. The second-order valence-electron chi connectivity index (χ2n) is 5.37. The molecule has 0 fully saturated rings. The summed E-state index contributed by atoms with van der Waals surface area (Å²) in [6.07, 6.45) is 1.92. The van der Waals surface area contributed by atoms with Gasteiger partial charge in [-0.3, -0.25) is 20.3 Å². The molecule has 0 aliphatic carbocycles. The lowest BCUT2D eigenvalue weighted by Crippen LogP contribution is -2.44. The van der Waals surface area contributed by atoms with Gasteiger partial charge in [0, 0.05) is 12.2 Å². The van der Waals surface area contributed by atoms with E-state index >= 15 is 0 Å². The van der Waals surface area contributed by atoms with Crippen molar-refractivity contribution in [2.24, 2.45) is 0 Å². The largest absolute Gasteiger partial charge is 0.331 e. The zero-order valence-electron chi connectivity index (χ0n) is 13.9. The van der Waals surface area contributed by atoms with Gasteiger partial charge in [0.05, 0.1) is 5.69 Å². The lowest BCUT2D eigenvalue weighted by molar-refractivity contribution is 0.0943. The predicted molar refractivity (Wildman–Crippen MR) is 100 cm³/mol. The van der Waals surface area contributed by atoms with Crippen LogP contribution in [0.2, 0.25) is 5.15 Å². The third-order valence-electron chi connectivity index (χ3n) is 3.41. The van der Waals surface area contributed by atoms with Crippen LogP contribution in [0.15, 0.2) is 24.3 Å². The fourth-order valence-electron chi connectivity index (χ4n) is 2.14. The van der Waals surface area contributed by atoms with Gasteiger partial charge in [-0.1, -0.05) is 24.9 Å². The number of amides is 1. The maximum atomic E-state index is 12.9. The highest BCUT2D eigenvalue weighted by Gasteiger charge is 2.20. The highest BCUT2D eigenvalue weighted by molar-refractivity contribution is 7.80. The minimum absolute atomic E-state index is 0.159. The molecule has 0 atom stereocenters. The summed E-state index contributed by atoms with van der Waals surface area (Å²) < 4.78 is 14.5. The van der Waals surface area contributed by atoms with E-state index in [1.807, 2.05) is 0 Å². The molecule has 0 saturated heterocycles. The minimum atomic E-state index is -0.437. The quantitative estimate of drug-likeness (QED) is 0.545. The van der Waals surface area contributed by atoms with E-state index < -0.39 is 5.91 Å². The molecule has 1 aromatic carbocycles. The number of carbonyl (C=O) groups excluding carboxylic acids is 1. The van der Waals surface area contributed by atoms with Crippen LogP contribution in [-0.4, -0.2) is 20.8 Å². The SMILES string of the molecule is CCCCn1nc(C)c(C(=O)NNC(=S)Nc2ccc(F)cc2)c1Cl. The Morgan fingerprint density at radius 2 is 2.00 bits per heavy atom.